The highest BCUT2D eigenvalue weighted by Crippen LogP contribution is 2.36. The van der Waals surface area contributed by atoms with Gasteiger partial charge >= 0.3 is 5.70 Å². The van der Waals surface area contributed by atoms with Gasteiger partial charge in [0.1, 0.15) is 4.49 Å². The number of likely N-dealkylation sites (tertiary alicyclic amines) is 1. The molecule has 1 aliphatic rings. The summed E-state index contributed by atoms with van der Waals surface area (Å²) in [6, 6.07) is 10.5. The Balaban J connectivity index is 2.06. The minimum absolute atomic E-state index is 0.177. The predicted molar refractivity (Wildman–Crippen MR) is 139 cm³/mol. The van der Waals surface area contributed by atoms with Gasteiger partial charge in [-0.1, -0.05) is 104 Å². The molecular formula is C24H33Cl3N2O2S. The molecule has 0 atom stereocenters. The Morgan fingerprint density at radius 2 is 1.69 bits per heavy atom. The van der Waals surface area contributed by atoms with Crippen molar-refractivity contribution in [3.63, 3.8) is 0 Å². The van der Waals surface area contributed by atoms with Gasteiger partial charge in [-0.05, 0) is 42.9 Å². The molecule has 0 bridgehead atoms. The van der Waals surface area contributed by atoms with Gasteiger partial charge in [0, 0.05) is 13.1 Å². The average Bonchev–Trinajstić information content (AvgIpc) is 2.78. The fourth-order valence-electron chi connectivity index (χ4n) is 3.99. The molecule has 0 N–H and O–H groups in total. The van der Waals surface area contributed by atoms with Crippen molar-refractivity contribution in [2.45, 2.75) is 64.7 Å². The van der Waals surface area contributed by atoms with Crippen molar-refractivity contribution in [1.82, 2.24) is 4.90 Å². The number of piperidine rings is 1. The molecule has 2 rings (SSSR count). The van der Waals surface area contributed by atoms with Gasteiger partial charge in [0.15, 0.2) is 10.1 Å². The second-order valence-electron chi connectivity index (χ2n) is 8.22. The molecule has 0 saturated carbocycles. The van der Waals surface area contributed by atoms with Crippen LogP contribution in [-0.2, 0) is 6.42 Å². The Morgan fingerprint density at radius 1 is 1.06 bits per heavy atom. The van der Waals surface area contributed by atoms with E-state index < -0.39 is 4.92 Å². The van der Waals surface area contributed by atoms with Crippen LogP contribution >= 0.6 is 46.6 Å². The maximum Gasteiger partial charge on any atom is 0.319 e. The third-order valence-electron chi connectivity index (χ3n) is 5.76. The van der Waals surface area contributed by atoms with Crippen molar-refractivity contribution in [2.24, 2.45) is 5.92 Å². The summed E-state index contributed by atoms with van der Waals surface area (Å²) < 4.78 is -0.269. The fraction of sp³-hybridized carbons (Fsp3) is 0.583. The molecule has 8 heteroatoms. The van der Waals surface area contributed by atoms with Gasteiger partial charge in [-0.15, -0.1) is 11.8 Å². The van der Waals surface area contributed by atoms with E-state index in [1.165, 1.54) is 43.0 Å². The van der Waals surface area contributed by atoms with Crippen LogP contribution in [0.5, 0.6) is 0 Å². The Hall–Kier alpha value is -0.880. The molecule has 1 aromatic carbocycles. The fourth-order valence-corrected chi connectivity index (χ4v) is 5.60. The lowest BCUT2D eigenvalue weighted by Crippen LogP contribution is -2.34. The predicted octanol–water partition coefficient (Wildman–Crippen LogP) is 8.37. The van der Waals surface area contributed by atoms with Crippen LogP contribution in [-0.4, -0.2) is 28.7 Å². The Kier molecular flexibility index (Phi) is 12.9. The maximum atomic E-state index is 11.9. The molecule has 1 heterocycles. The van der Waals surface area contributed by atoms with Crippen LogP contribution in [0, 0.1) is 16.0 Å². The Morgan fingerprint density at radius 3 is 2.28 bits per heavy atom. The van der Waals surface area contributed by atoms with Crippen LogP contribution in [0.25, 0.3) is 0 Å². The molecule has 1 fully saturated rings. The monoisotopic (exact) mass is 518 g/mol. The average molecular weight is 520 g/mol. The molecule has 0 unspecified atom stereocenters. The van der Waals surface area contributed by atoms with Crippen LogP contribution in [0.1, 0.15) is 63.9 Å². The molecule has 1 aliphatic heterocycles. The number of benzene rings is 1. The lowest BCUT2D eigenvalue weighted by atomic mass is 9.90. The first-order chi connectivity index (χ1) is 15.4. The largest absolute Gasteiger partial charge is 0.361 e. The van der Waals surface area contributed by atoms with Gasteiger partial charge < -0.3 is 4.90 Å². The van der Waals surface area contributed by atoms with E-state index in [0.717, 1.165) is 50.9 Å². The van der Waals surface area contributed by atoms with Crippen LogP contribution in [0.15, 0.2) is 50.6 Å². The summed E-state index contributed by atoms with van der Waals surface area (Å²) in [5, 5.41) is 12.3. The maximum absolute atomic E-state index is 11.9. The molecule has 0 radical (unpaired) electrons. The van der Waals surface area contributed by atoms with Crippen molar-refractivity contribution in [1.29, 1.82) is 0 Å². The van der Waals surface area contributed by atoms with E-state index in [0.29, 0.717) is 10.9 Å². The van der Waals surface area contributed by atoms with Crippen LogP contribution in [0.4, 0.5) is 0 Å². The second kappa shape index (κ2) is 15.1. The lowest BCUT2D eigenvalue weighted by Gasteiger charge is -2.34. The number of hydrogen-bond donors (Lipinski definition) is 0. The standard InChI is InChI=1S/C24H33Cl3N2O2S/c1-2-3-4-5-6-10-17-32-24(22(29(30)31)21(25)23(26)27)28-15-13-20(14-16-28)18-19-11-8-7-9-12-19/h7-9,11-12,20H,2-6,10,13-18H2,1H3/b24-22+. The molecule has 1 aromatic rings. The summed E-state index contributed by atoms with van der Waals surface area (Å²) in [4.78, 5) is 13.6. The van der Waals surface area contributed by atoms with Crippen LogP contribution in [0.2, 0.25) is 0 Å². The molecule has 32 heavy (non-hydrogen) atoms. The Bertz CT molecular complexity index is 775. The SMILES string of the molecule is CCCCCCCCS/C(=C(\C(Cl)=C(Cl)Cl)[N+](=O)[O-])N1CCC(Cc2ccccc2)CC1. The number of rotatable bonds is 13. The highest BCUT2D eigenvalue weighted by molar-refractivity contribution is 8.03. The zero-order chi connectivity index (χ0) is 23.3. The summed E-state index contributed by atoms with van der Waals surface area (Å²) in [5.41, 5.74) is 1.16. The van der Waals surface area contributed by atoms with Crippen LogP contribution in [0.3, 0.4) is 0 Å². The summed E-state index contributed by atoms with van der Waals surface area (Å²) in [7, 11) is 0. The number of thioether (sulfide) groups is 1. The highest BCUT2D eigenvalue weighted by Gasteiger charge is 2.31. The number of unbranched alkanes of at least 4 members (excludes halogenated alkanes) is 5. The minimum Gasteiger partial charge on any atom is -0.361 e. The second-order valence-corrected chi connectivity index (χ2v) is 10.6. The third kappa shape index (κ3) is 9.17. The van der Waals surface area contributed by atoms with E-state index in [1.807, 2.05) is 6.07 Å². The zero-order valence-electron chi connectivity index (χ0n) is 18.7. The van der Waals surface area contributed by atoms with Crippen molar-refractivity contribution in [2.75, 3.05) is 18.8 Å². The third-order valence-corrected chi connectivity index (χ3v) is 7.92. The number of allylic oxidation sites excluding steroid dienone is 1. The Labute approximate surface area is 211 Å². The van der Waals surface area contributed by atoms with Gasteiger partial charge in [-0.2, -0.15) is 0 Å². The molecule has 0 aliphatic carbocycles. The minimum atomic E-state index is -0.452. The van der Waals surface area contributed by atoms with Crippen molar-refractivity contribution in [3.05, 3.63) is 66.3 Å². The molecule has 1 saturated heterocycles. The molecule has 4 nitrogen and oxygen atoms in total. The first kappa shape index (κ1) is 27.4. The quantitative estimate of drug-likeness (QED) is 0.114. The van der Waals surface area contributed by atoms with Gasteiger partial charge in [0.05, 0.1) is 4.92 Å². The number of halogens is 3. The van der Waals surface area contributed by atoms with Crippen molar-refractivity contribution >= 4 is 46.6 Å². The highest BCUT2D eigenvalue weighted by atomic mass is 35.5. The van der Waals surface area contributed by atoms with Gasteiger partial charge in [-0.3, -0.25) is 10.1 Å². The van der Waals surface area contributed by atoms with Crippen LogP contribution < -0.4 is 0 Å². The van der Waals surface area contributed by atoms with Gasteiger partial charge in [0.25, 0.3) is 0 Å². The zero-order valence-corrected chi connectivity index (χ0v) is 21.8. The number of nitro groups is 1. The molecule has 178 valence electrons. The molecular weight excluding hydrogens is 487 g/mol. The van der Waals surface area contributed by atoms with E-state index in [9.17, 15) is 10.1 Å². The van der Waals surface area contributed by atoms with E-state index >= 15 is 0 Å². The summed E-state index contributed by atoms with van der Waals surface area (Å²) >= 11 is 19.4. The molecule has 0 spiro atoms. The van der Waals surface area contributed by atoms with E-state index in [2.05, 4.69) is 36.1 Å². The smallest absolute Gasteiger partial charge is 0.319 e. The van der Waals surface area contributed by atoms with Gasteiger partial charge in [-0.25, -0.2) is 0 Å². The van der Waals surface area contributed by atoms with Gasteiger partial charge in [0.2, 0.25) is 0 Å². The summed E-state index contributed by atoms with van der Waals surface area (Å²) in [6.45, 7) is 3.73. The van der Waals surface area contributed by atoms with Crippen molar-refractivity contribution < 1.29 is 4.92 Å². The van der Waals surface area contributed by atoms with Crippen molar-refractivity contribution in [3.8, 4) is 0 Å². The van der Waals surface area contributed by atoms with E-state index in [1.54, 1.807) is 0 Å². The molecule has 0 amide bonds. The summed E-state index contributed by atoms with van der Waals surface area (Å²) in [5.74, 6) is 1.38. The van der Waals surface area contributed by atoms with E-state index in [4.69, 9.17) is 34.8 Å². The van der Waals surface area contributed by atoms with E-state index in [-0.39, 0.29) is 15.2 Å². The first-order valence-corrected chi connectivity index (χ1v) is 13.6. The molecule has 0 aromatic heterocycles. The normalized spacial score (nSPS) is 15.4. The first-order valence-electron chi connectivity index (χ1n) is 11.5. The number of hydrogen-bond acceptors (Lipinski definition) is 4. The topological polar surface area (TPSA) is 46.4 Å². The number of nitrogens with zero attached hydrogens (tertiary/aromatic N) is 2. The lowest BCUT2D eigenvalue weighted by molar-refractivity contribution is -0.421. The summed E-state index contributed by atoms with van der Waals surface area (Å²) in [6.07, 6.45) is 10.1.